The van der Waals surface area contributed by atoms with Crippen LogP contribution in [0.5, 0.6) is 0 Å². The molecule has 2 heterocycles. The molecule has 2 N–H and O–H groups in total. The number of benzene rings is 1. The van der Waals surface area contributed by atoms with Crippen molar-refractivity contribution in [2.24, 2.45) is 5.92 Å². The summed E-state index contributed by atoms with van der Waals surface area (Å²) in [5, 5.41) is 5.73. The molecule has 2 aromatic rings. The van der Waals surface area contributed by atoms with E-state index in [1.165, 1.54) is 4.88 Å². The summed E-state index contributed by atoms with van der Waals surface area (Å²) in [6, 6.07) is 7.80. The van der Waals surface area contributed by atoms with E-state index in [4.69, 9.17) is 0 Å². The number of alkyl halides is 1. The van der Waals surface area contributed by atoms with Crippen molar-refractivity contribution in [1.29, 1.82) is 0 Å². The zero-order chi connectivity index (χ0) is 29.5. The lowest BCUT2D eigenvalue weighted by Crippen LogP contribution is -2.48. The zero-order valence-corrected chi connectivity index (χ0v) is 26.1. The standard InChI is InChI=1S/C17H19N3O2S.C13H24FNOS/c1-12-16(23-10-19-12)14-6-4-13(5-7-14)9-18-17(22)15-3-2-8-20(15)11-21;1-9(2)8-17-12(4,5)10(3)15-11(16)13(14)6-7-13/h4-7,10-11,15H,2-3,8-9H2,1H3,(H,18,22);9-10H,6-8H2,1-5H3,(H,15,16). The smallest absolute Gasteiger partial charge is 0.257 e. The first-order valence-electron chi connectivity index (χ1n) is 14.0. The first kappa shape index (κ1) is 32.1. The van der Waals surface area contributed by atoms with Crippen LogP contribution in [0.4, 0.5) is 4.39 Å². The number of carbonyl (C=O) groups is 3. The molecule has 0 spiro atoms. The van der Waals surface area contributed by atoms with Gasteiger partial charge < -0.3 is 15.5 Å². The number of nitrogens with zero attached hydrogens (tertiary/aromatic N) is 2. The van der Waals surface area contributed by atoms with Gasteiger partial charge in [0, 0.05) is 23.9 Å². The van der Waals surface area contributed by atoms with Gasteiger partial charge in [0.25, 0.3) is 5.91 Å². The van der Waals surface area contributed by atoms with E-state index in [-0.39, 0.29) is 22.7 Å². The SMILES string of the molecule is CC(C)CSC(C)(C)C(C)NC(=O)C1(F)CC1.Cc1ncsc1-c1ccc(CNC(=O)C2CCCN2C=O)cc1. The van der Waals surface area contributed by atoms with Crippen LogP contribution in [0.25, 0.3) is 10.4 Å². The van der Waals surface area contributed by atoms with Gasteiger partial charge in [0.15, 0.2) is 5.67 Å². The highest BCUT2D eigenvalue weighted by Crippen LogP contribution is 2.40. The largest absolute Gasteiger partial charge is 0.350 e. The fourth-order valence-electron chi connectivity index (χ4n) is 4.20. The lowest BCUT2D eigenvalue weighted by atomic mass is 10.0. The molecule has 3 amide bonds. The summed E-state index contributed by atoms with van der Waals surface area (Å²) in [7, 11) is 0. The van der Waals surface area contributed by atoms with Gasteiger partial charge in [0.05, 0.1) is 16.1 Å². The Labute approximate surface area is 246 Å². The van der Waals surface area contributed by atoms with Crippen LogP contribution in [-0.4, -0.2) is 62.9 Å². The molecule has 40 heavy (non-hydrogen) atoms. The molecule has 2 fully saturated rings. The number of likely N-dealkylation sites (tertiary alicyclic amines) is 1. The van der Waals surface area contributed by atoms with Gasteiger partial charge in [-0.3, -0.25) is 14.4 Å². The van der Waals surface area contributed by atoms with Crippen LogP contribution in [0.3, 0.4) is 0 Å². The van der Waals surface area contributed by atoms with Gasteiger partial charge in [-0.05, 0) is 76.2 Å². The first-order valence-corrected chi connectivity index (χ1v) is 15.8. The molecule has 2 aliphatic rings. The summed E-state index contributed by atoms with van der Waals surface area (Å²) >= 11 is 3.46. The van der Waals surface area contributed by atoms with Crippen molar-refractivity contribution in [3.8, 4) is 10.4 Å². The van der Waals surface area contributed by atoms with Gasteiger partial charge in [-0.1, -0.05) is 38.1 Å². The number of nitrogens with one attached hydrogen (secondary N) is 2. The molecule has 1 aliphatic carbocycles. The number of thiazole rings is 1. The van der Waals surface area contributed by atoms with Crippen LogP contribution in [-0.2, 0) is 20.9 Å². The number of amides is 3. The fourth-order valence-corrected chi connectivity index (χ4v) is 6.08. The van der Waals surface area contributed by atoms with Gasteiger partial charge in [-0.15, -0.1) is 11.3 Å². The molecule has 220 valence electrons. The van der Waals surface area contributed by atoms with E-state index in [0.29, 0.717) is 31.8 Å². The highest BCUT2D eigenvalue weighted by Gasteiger charge is 2.51. The summed E-state index contributed by atoms with van der Waals surface area (Å²) in [5.41, 5.74) is 3.50. The molecule has 4 rings (SSSR count). The molecule has 1 aromatic heterocycles. The highest BCUT2D eigenvalue weighted by molar-refractivity contribution is 8.00. The second-order valence-electron chi connectivity index (χ2n) is 11.7. The molecule has 7 nitrogen and oxygen atoms in total. The number of aromatic nitrogens is 1. The Bertz CT molecular complexity index is 1150. The quantitative estimate of drug-likeness (QED) is 0.337. The molecule has 1 aliphatic heterocycles. The molecular formula is C30H43FN4O3S2. The normalized spacial score (nSPS) is 18.5. The first-order chi connectivity index (χ1) is 18.9. The molecule has 0 bridgehead atoms. The van der Waals surface area contributed by atoms with Gasteiger partial charge in [0.2, 0.25) is 12.3 Å². The van der Waals surface area contributed by atoms with Crippen molar-refractivity contribution in [1.82, 2.24) is 20.5 Å². The summed E-state index contributed by atoms with van der Waals surface area (Å²) in [4.78, 5) is 41.7. The average Bonchev–Trinajstić information content (AvgIpc) is 3.29. The topological polar surface area (TPSA) is 91.4 Å². The zero-order valence-electron chi connectivity index (χ0n) is 24.5. The Kier molecular flexibility index (Phi) is 11.2. The second kappa shape index (κ2) is 13.9. The predicted octanol–water partition coefficient (Wildman–Crippen LogP) is 5.52. The molecule has 1 saturated heterocycles. The van der Waals surface area contributed by atoms with E-state index in [2.05, 4.69) is 55.4 Å². The third-order valence-electron chi connectivity index (χ3n) is 7.44. The van der Waals surface area contributed by atoms with Crippen molar-refractivity contribution in [3.05, 3.63) is 41.0 Å². The number of rotatable bonds is 11. The Morgan fingerprint density at radius 3 is 2.48 bits per heavy atom. The van der Waals surface area contributed by atoms with E-state index in [9.17, 15) is 18.8 Å². The van der Waals surface area contributed by atoms with Gasteiger partial charge in [-0.25, -0.2) is 9.37 Å². The van der Waals surface area contributed by atoms with Gasteiger partial charge in [0.1, 0.15) is 6.04 Å². The van der Waals surface area contributed by atoms with Crippen LogP contribution in [0.2, 0.25) is 0 Å². The molecule has 1 saturated carbocycles. The second-order valence-corrected chi connectivity index (χ2v) is 14.2. The van der Waals surface area contributed by atoms with Crippen LogP contribution >= 0.6 is 23.1 Å². The molecule has 0 radical (unpaired) electrons. The molecular weight excluding hydrogens is 547 g/mol. The Balaban J connectivity index is 0.000000232. The van der Waals surface area contributed by atoms with E-state index in [1.54, 1.807) is 16.2 Å². The van der Waals surface area contributed by atoms with Crippen molar-refractivity contribution >= 4 is 41.3 Å². The molecule has 1 aromatic carbocycles. The average molecular weight is 591 g/mol. The monoisotopic (exact) mass is 590 g/mol. The number of halogens is 1. The molecule has 2 atom stereocenters. The van der Waals surface area contributed by atoms with Crippen molar-refractivity contribution < 1.29 is 18.8 Å². The summed E-state index contributed by atoms with van der Waals surface area (Å²) < 4.78 is 13.5. The number of hydrogen-bond donors (Lipinski definition) is 2. The Morgan fingerprint density at radius 1 is 1.25 bits per heavy atom. The van der Waals surface area contributed by atoms with Crippen molar-refractivity contribution in [3.63, 3.8) is 0 Å². The van der Waals surface area contributed by atoms with Gasteiger partial charge in [-0.2, -0.15) is 11.8 Å². The van der Waals surface area contributed by atoms with Crippen molar-refractivity contribution in [2.75, 3.05) is 12.3 Å². The predicted molar refractivity (Wildman–Crippen MR) is 162 cm³/mol. The highest BCUT2D eigenvalue weighted by atomic mass is 32.2. The summed E-state index contributed by atoms with van der Waals surface area (Å²) in [6.45, 7) is 13.7. The minimum absolute atomic E-state index is 0.0213. The maximum Gasteiger partial charge on any atom is 0.257 e. The lowest BCUT2D eigenvalue weighted by molar-refractivity contribution is -0.131. The Morgan fingerprint density at radius 2 is 1.93 bits per heavy atom. The molecule has 2 unspecified atom stereocenters. The van der Waals surface area contributed by atoms with Gasteiger partial charge >= 0.3 is 0 Å². The van der Waals surface area contributed by atoms with E-state index >= 15 is 0 Å². The van der Waals surface area contributed by atoms with Crippen LogP contribution < -0.4 is 10.6 Å². The number of hydrogen-bond acceptors (Lipinski definition) is 6. The van der Waals surface area contributed by atoms with Crippen LogP contribution in [0.15, 0.2) is 29.8 Å². The summed E-state index contributed by atoms with van der Waals surface area (Å²) in [6.07, 6.45) is 3.16. The maximum absolute atomic E-state index is 13.5. The number of aryl methyl sites for hydroxylation is 1. The van der Waals surface area contributed by atoms with Crippen molar-refractivity contribution in [2.45, 2.75) is 96.3 Å². The van der Waals surface area contributed by atoms with E-state index in [0.717, 1.165) is 41.8 Å². The maximum atomic E-state index is 13.5. The van der Waals surface area contributed by atoms with Crippen LogP contribution in [0, 0.1) is 12.8 Å². The van der Waals surface area contributed by atoms with E-state index < -0.39 is 11.6 Å². The lowest BCUT2D eigenvalue weighted by Gasteiger charge is -2.33. The summed E-state index contributed by atoms with van der Waals surface area (Å²) in [5.74, 6) is 1.17. The number of thioether (sulfide) groups is 1. The molecule has 10 heteroatoms. The fraction of sp³-hybridized carbons (Fsp3) is 0.600. The number of carbonyl (C=O) groups excluding carboxylic acids is 3. The minimum atomic E-state index is -1.56. The third-order valence-corrected chi connectivity index (χ3v) is 10.3. The third kappa shape index (κ3) is 8.77. The van der Waals surface area contributed by atoms with Crippen LogP contribution in [0.1, 0.15) is 71.6 Å². The Hall–Kier alpha value is -2.46. The van der Waals surface area contributed by atoms with E-state index in [1.807, 2.05) is 43.3 Å². The minimum Gasteiger partial charge on any atom is -0.350 e.